The first-order valence-corrected chi connectivity index (χ1v) is 6.81. The molecule has 21 heavy (non-hydrogen) atoms. The van der Waals surface area contributed by atoms with Crippen LogP contribution in [0.25, 0.3) is 0 Å². The molecule has 7 nitrogen and oxygen atoms in total. The fraction of sp³-hybridized carbons (Fsp3) is 0.154. The smallest absolute Gasteiger partial charge is 0.311 e. The van der Waals surface area contributed by atoms with E-state index in [0.29, 0.717) is 10.4 Å². The van der Waals surface area contributed by atoms with Crippen molar-refractivity contribution in [2.24, 2.45) is 5.84 Å². The lowest BCUT2D eigenvalue weighted by atomic mass is 10.2. The first kappa shape index (κ1) is 14.9. The van der Waals surface area contributed by atoms with Crippen molar-refractivity contribution in [1.29, 1.82) is 0 Å². The van der Waals surface area contributed by atoms with Gasteiger partial charge in [0.05, 0.1) is 9.80 Å². The molecule has 2 aromatic rings. The zero-order chi connectivity index (χ0) is 15.4. The van der Waals surface area contributed by atoms with Crippen LogP contribution < -0.4 is 16.0 Å². The number of hydrogen-bond donors (Lipinski definition) is 2. The van der Waals surface area contributed by atoms with E-state index < -0.39 is 4.92 Å². The van der Waals surface area contributed by atoms with E-state index in [1.807, 2.05) is 5.43 Å². The molecule has 8 heteroatoms. The predicted octanol–water partition coefficient (Wildman–Crippen LogP) is 2.15. The quantitative estimate of drug-likeness (QED) is 0.381. The van der Waals surface area contributed by atoms with Crippen LogP contribution in [0.2, 0.25) is 0 Å². The predicted molar refractivity (Wildman–Crippen MR) is 78.1 cm³/mol. The Labute approximate surface area is 124 Å². The van der Waals surface area contributed by atoms with Crippen molar-refractivity contribution in [3.8, 4) is 5.75 Å². The molecule has 0 saturated heterocycles. The molecule has 0 aliphatic rings. The van der Waals surface area contributed by atoms with Gasteiger partial charge in [-0.05, 0) is 24.6 Å². The number of hydrogen-bond acceptors (Lipinski definition) is 6. The molecule has 1 heterocycles. The van der Waals surface area contributed by atoms with E-state index >= 15 is 0 Å². The van der Waals surface area contributed by atoms with E-state index in [9.17, 15) is 14.9 Å². The average Bonchev–Trinajstić information content (AvgIpc) is 2.93. The molecule has 0 atom stereocenters. The molecule has 0 saturated carbocycles. The highest BCUT2D eigenvalue weighted by molar-refractivity contribution is 7.14. The average molecular weight is 307 g/mol. The first-order valence-electron chi connectivity index (χ1n) is 5.99. The highest BCUT2D eigenvalue weighted by atomic mass is 32.1. The molecular weight excluding hydrogens is 294 g/mol. The normalized spacial score (nSPS) is 10.2. The molecule has 0 radical (unpaired) electrons. The van der Waals surface area contributed by atoms with Crippen molar-refractivity contribution >= 4 is 22.9 Å². The lowest BCUT2D eigenvalue weighted by Crippen LogP contribution is -2.29. The van der Waals surface area contributed by atoms with Crippen molar-refractivity contribution in [3.63, 3.8) is 0 Å². The van der Waals surface area contributed by atoms with Crippen LogP contribution in [0, 0.1) is 17.0 Å². The molecule has 1 aromatic carbocycles. The number of para-hydroxylation sites is 1. The molecule has 0 aliphatic carbocycles. The SMILES string of the molecule is Cc1cccc([N+](=O)[O-])c1OCc1ccc(C(=O)NN)s1. The Morgan fingerprint density at radius 2 is 2.19 bits per heavy atom. The number of nitrogens with one attached hydrogen (secondary N) is 1. The fourth-order valence-electron chi connectivity index (χ4n) is 1.76. The zero-order valence-corrected chi connectivity index (χ0v) is 12.0. The van der Waals surface area contributed by atoms with Crippen molar-refractivity contribution in [2.75, 3.05) is 0 Å². The Balaban J connectivity index is 2.15. The summed E-state index contributed by atoms with van der Waals surface area (Å²) in [4.78, 5) is 23.1. The maximum absolute atomic E-state index is 11.3. The summed E-state index contributed by atoms with van der Waals surface area (Å²) in [5.74, 6) is 4.91. The van der Waals surface area contributed by atoms with Gasteiger partial charge in [0.15, 0.2) is 5.75 Å². The van der Waals surface area contributed by atoms with Crippen LogP contribution >= 0.6 is 11.3 Å². The highest BCUT2D eigenvalue weighted by Gasteiger charge is 2.17. The number of aryl methyl sites for hydroxylation is 1. The van der Waals surface area contributed by atoms with Crippen LogP contribution in [-0.4, -0.2) is 10.8 Å². The van der Waals surface area contributed by atoms with E-state index in [2.05, 4.69) is 0 Å². The molecule has 0 aliphatic heterocycles. The summed E-state index contributed by atoms with van der Waals surface area (Å²) in [6, 6.07) is 8.08. The summed E-state index contributed by atoms with van der Waals surface area (Å²) >= 11 is 1.22. The maximum Gasteiger partial charge on any atom is 0.311 e. The number of carbonyl (C=O) groups excluding carboxylic acids is 1. The number of nitrogens with zero attached hydrogens (tertiary/aromatic N) is 1. The van der Waals surface area contributed by atoms with Gasteiger partial charge in [0, 0.05) is 10.9 Å². The monoisotopic (exact) mass is 307 g/mol. The third-order valence-corrected chi connectivity index (χ3v) is 3.82. The van der Waals surface area contributed by atoms with Gasteiger partial charge >= 0.3 is 5.69 Å². The van der Waals surface area contributed by atoms with Crippen LogP contribution in [-0.2, 0) is 6.61 Å². The van der Waals surface area contributed by atoms with Gasteiger partial charge in [0.25, 0.3) is 5.91 Å². The summed E-state index contributed by atoms with van der Waals surface area (Å²) in [5.41, 5.74) is 2.65. The fourth-order valence-corrected chi connectivity index (χ4v) is 2.58. The number of hydrazine groups is 1. The molecule has 1 amide bonds. The second-order valence-electron chi connectivity index (χ2n) is 4.21. The first-order chi connectivity index (χ1) is 10.0. The van der Waals surface area contributed by atoms with E-state index in [0.717, 1.165) is 4.88 Å². The molecule has 1 aromatic heterocycles. The third kappa shape index (κ3) is 3.36. The number of ether oxygens (including phenoxy) is 1. The topological polar surface area (TPSA) is 107 Å². The van der Waals surface area contributed by atoms with Gasteiger partial charge in [-0.3, -0.25) is 20.3 Å². The van der Waals surface area contributed by atoms with Crippen LogP contribution in [0.4, 0.5) is 5.69 Å². The van der Waals surface area contributed by atoms with Gasteiger partial charge in [-0.15, -0.1) is 11.3 Å². The van der Waals surface area contributed by atoms with Gasteiger partial charge in [-0.1, -0.05) is 12.1 Å². The van der Waals surface area contributed by atoms with E-state index in [1.165, 1.54) is 17.4 Å². The minimum absolute atomic E-state index is 0.0773. The van der Waals surface area contributed by atoms with Crippen molar-refractivity contribution < 1.29 is 14.5 Å². The molecule has 110 valence electrons. The number of nitro benzene ring substituents is 1. The number of thiophene rings is 1. The van der Waals surface area contributed by atoms with Gasteiger partial charge < -0.3 is 4.74 Å². The molecule has 2 rings (SSSR count). The summed E-state index contributed by atoms with van der Waals surface area (Å²) in [6.45, 7) is 1.89. The minimum atomic E-state index is -0.482. The number of benzene rings is 1. The summed E-state index contributed by atoms with van der Waals surface area (Å²) in [6.07, 6.45) is 0. The number of nitrogens with two attached hydrogens (primary N) is 1. The van der Waals surface area contributed by atoms with Crippen molar-refractivity contribution in [3.05, 3.63) is 55.8 Å². The lowest BCUT2D eigenvalue weighted by molar-refractivity contribution is -0.386. The number of rotatable bonds is 5. The standard InChI is InChI=1S/C13H13N3O4S/c1-8-3-2-4-10(16(18)19)12(8)20-7-9-5-6-11(21-9)13(17)15-14/h2-6H,7,14H2,1H3,(H,15,17). The highest BCUT2D eigenvalue weighted by Crippen LogP contribution is 2.31. The second-order valence-corrected chi connectivity index (χ2v) is 5.38. The van der Waals surface area contributed by atoms with Gasteiger partial charge in [-0.2, -0.15) is 0 Å². The Bertz CT molecular complexity index is 684. The summed E-state index contributed by atoms with van der Waals surface area (Å²) < 4.78 is 5.55. The summed E-state index contributed by atoms with van der Waals surface area (Å²) in [7, 11) is 0. The number of nitrogen functional groups attached to an aromatic ring is 1. The molecule has 3 N–H and O–H groups in total. The number of amides is 1. The largest absolute Gasteiger partial charge is 0.481 e. The van der Waals surface area contributed by atoms with Crippen molar-refractivity contribution in [2.45, 2.75) is 13.5 Å². The molecule has 0 spiro atoms. The molecular formula is C13H13N3O4S. The second kappa shape index (κ2) is 6.33. The van der Waals surface area contributed by atoms with Crippen LogP contribution in [0.15, 0.2) is 30.3 Å². The van der Waals surface area contributed by atoms with Crippen molar-refractivity contribution in [1.82, 2.24) is 5.43 Å². The minimum Gasteiger partial charge on any atom is -0.481 e. The number of carbonyl (C=O) groups is 1. The Kier molecular flexibility index (Phi) is 4.51. The third-order valence-electron chi connectivity index (χ3n) is 2.76. The maximum atomic E-state index is 11.3. The van der Waals surface area contributed by atoms with Gasteiger partial charge in [0.1, 0.15) is 6.61 Å². The van der Waals surface area contributed by atoms with E-state index in [1.54, 1.807) is 31.2 Å². The molecule has 0 bridgehead atoms. The lowest BCUT2D eigenvalue weighted by Gasteiger charge is -2.08. The number of nitro groups is 1. The van der Waals surface area contributed by atoms with E-state index in [-0.39, 0.29) is 24.0 Å². The van der Waals surface area contributed by atoms with Crippen LogP contribution in [0.5, 0.6) is 5.75 Å². The van der Waals surface area contributed by atoms with E-state index in [4.69, 9.17) is 10.6 Å². The Morgan fingerprint density at radius 1 is 1.43 bits per heavy atom. The summed E-state index contributed by atoms with van der Waals surface area (Å²) in [5, 5.41) is 11.0. The van der Waals surface area contributed by atoms with Gasteiger partial charge in [0.2, 0.25) is 0 Å². The Hall–Kier alpha value is -2.45. The Morgan fingerprint density at radius 3 is 2.86 bits per heavy atom. The van der Waals surface area contributed by atoms with Gasteiger partial charge in [-0.25, -0.2) is 5.84 Å². The molecule has 0 unspecified atom stereocenters. The van der Waals surface area contributed by atoms with Crippen LogP contribution in [0.3, 0.4) is 0 Å². The van der Waals surface area contributed by atoms with Crippen LogP contribution in [0.1, 0.15) is 20.1 Å². The zero-order valence-electron chi connectivity index (χ0n) is 11.2. The molecule has 0 fully saturated rings.